The summed E-state index contributed by atoms with van der Waals surface area (Å²) in [5.41, 5.74) is 9.56. The van der Waals surface area contributed by atoms with Gasteiger partial charge < -0.3 is 25.3 Å². The smallest absolute Gasteiger partial charge is 0.224 e. The minimum absolute atomic E-state index is 0.0407. The van der Waals surface area contributed by atoms with Crippen molar-refractivity contribution in [1.29, 1.82) is 0 Å². The van der Waals surface area contributed by atoms with Crippen LogP contribution in [-0.4, -0.2) is 27.2 Å². The number of carbonyl (C=O) groups is 1. The quantitative estimate of drug-likeness (QED) is 0.363. The Morgan fingerprint density at radius 1 is 1.00 bits per heavy atom. The molecule has 0 aliphatic heterocycles. The molecule has 1 unspecified atom stereocenters. The Balaban J connectivity index is 2.41. The highest BCUT2D eigenvalue weighted by molar-refractivity contribution is 5.92. The molecule has 3 N–H and O–H groups in total. The van der Waals surface area contributed by atoms with Crippen molar-refractivity contribution in [2.24, 2.45) is 5.73 Å². The maximum atomic E-state index is 13.4. The normalized spacial score (nSPS) is 12.2. The molecular weight excluding hydrogens is 428 g/mol. The number of benzene rings is 2. The molecule has 0 aliphatic carbocycles. The van der Waals surface area contributed by atoms with Crippen molar-refractivity contribution in [2.75, 3.05) is 26.6 Å². The largest absolute Gasteiger partial charge is 0.496 e. The fraction of sp³-hybridized carbons (Fsp3) is 0.536. The van der Waals surface area contributed by atoms with Gasteiger partial charge in [0.2, 0.25) is 5.91 Å². The molecule has 0 saturated carbocycles. The zero-order chi connectivity index (χ0) is 25.3. The summed E-state index contributed by atoms with van der Waals surface area (Å²) in [6.45, 7) is 9.02. The van der Waals surface area contributed by atoms with E-state index < -0.39 is 0 Å². The van der Waals surface area contributed by atoms with Crippen molar-refractivity contribution in [3.05, 3.63) is 47.0 Å². The van der Waals surface area contributed by atoms with Crippen molar-refractivity contribution in [3.8, 4) is 17.2 Å². The number of rotatable bonds is 12. The van der Waals surface area contributed by atoms with Crippen molar-refractivity contribution in [3.63, 3.8) is 0 Å². The average Bonchev–Trinajstić information content (AvgIpc) is 2.81. The summed E-state index contributed by atoms with van der Waals surface area (Å²) in [5.74, 6) is 1.90. The molecule has 0 radical (unpaired) electrons. The van der Waals surface area contributed by atoms with Crippen LogP contribution in [-0.2, 0) is 16.8 Å². The molecule has 0 fully saturated rings. The topological polar surface area (TPSA) is 82.8 Å². The number of hydrogen-bond donors (Lipinski definition) is 2. The van der Waals surface area contributed by atoms with Crippen LogP contribution in [0, 0.1) is 0 Å². The van der Waals surface area contributed by atoms with E-state index in [4.69, 9.17) is 19.9 Å². The molecule has 0 saturated heterocycles. The second-order valence-electron chi connectivity index (χ2n) is 9.72. The first-order valence-corrected chi connectivity index (χ1v) is 12.1. The Labute approximate surface area is 205 Å². The van der Waals surface area contributed by atoms with Gasteiger partial charge in [0.05, 0.1) is 21.3 Å². The summed E-state index contributed by atoms with van der Waals surface area (Å²) in [4.78, 5) is 13.4. The Morgan fingerprint density at radius 2 is 1.65 bits per heavy atom. The van der Waals surface area contributed by atoms with Crippen LogP contribution >= 0.6 is 0 Å². The third kappa shape index (κ3) is 7.13. The highest BCUT2D eigenvalue weighted by Crippen LogP contribution is 2.43. The number of anilines is 1. The lowest BCUT2D eigenvalue weighted by molar-refractivity contribution is -0.116. The number of nitrogens with one attached hydrogen (secondary N) is 1. The molecule has 6 nitrogen and oxygen atoms in total. The Kier molecular flexibility index (Phi) is 10.2. The number of amides is 1. The van der Waals surface area contributed by atoms with Crippen LogP contribution in [0.5, 0.6) is 17.2 Å². The van der Waals surface area contributed by atoms with E-state index in [1.165, 1.54) is 0 Å². The van der Waals surface area contributed by atoms with E-state index in [0.29, 0.717) is 30.2 Å². The molecule has 1 atom stereocenters. The van der Waals surface area contributed by atoms with E-state index in [1.807, 2.05) is 24.3 Å². The highest BCUT2D eigenvalue weighted by atomic mass is 16.5. The van der Waals surface area contributed by atoms with E-state index in [2.05, 4.69) is 39.1 Å². The van der Waals surface area contributed by atoms with Crippen LogP contribution in [0.1, 0.15) is 82.4 Å². The van der Waals surface area contributed by atoms with Gasteiger partial charge in [0.15, 0.2) is 0 Å². The molecule has 2 aromatic rings. The van der Waals surface area contributed by atoms with Crippen LogP contribution in [0.15, 0.2) is 30.3 Å². The molecular formula is C28H42N2O4. The highest BCUT2D eigenvalue weighted by Gasteiger charge is 2.26. The van der Waals surface area contributed by atoms with Gasteiger partial charge in [-0.25, -0.2) is 0 Å². The molecule has 0 aliphatic rings. The van der Waals surface area contributed by atoms with E-state index in [-0.39, 0.29) is 17.2 Å². The van der Waals surface area contributed by atoms with Gasteiger partial charge in [-0.1, -0.05) is 59.1 Å². The van der Waals surface area contributed by atoms with Crippen LogP contribution in [0.2, 0.25) is 0 Å². The minimum atomic E-state index is -0.112. The Hall–Kier alpha value is -2.73. The molecule has 2 aromatic carbocycles. The van der Waals surface area contributed by atoms with Crippen LogP contribution in [0.25, 0.3) is 0 Å². The number of hydrogen-bond acceptors (Lipinski definition) is 5. The predicted octanol–water partition coefficient (Wildman–Crippen LogP) is 6.16. The fourth-order valence-electron chi connectivity index (χ4n) is 4.33. The summed E-state index contributed by atoms with van der Waals surface area (Å²) in [6.07, 6.45) is 4.40. The maximum absolute atomic E-state index is 13.4. The van der Waals surface area contributed by atoms with Gasteiger partial charge in [-0.2, -0.15) is 0 Å². The van der Waals surface area contributed by atoms with E-state index in [1.54, 1.807) is 21.3 Å². The summed E-state index contributed by atoms with van der Waals surface area (Å²) < 4.78 is 16.8. The first-order valence-electron chi connectivity index (χ1n) is 12.1. The maximum Gasteiger partial charge on any atom is 0.224 e. The Morgan fingerprint density at radius 3 is 2.15 bits per heavy atom. The fourth-order valence-corrected chi connectivity index (χ4v) is 4.33. The number of carbonyl (C=O) groups excluding carboxylic acids is 1. The van der Waals surface area contributed by atoms with Gasteiger partial charge in [-0.15, -0.1) is 0 Å². The van der Waals surface area contributed by atoms with Crippen LogP contribution in [0.4, 0.5) is 5.69 Å². The lowest BCUT2D eigenvalue weighted by Gasteiger charge is -2.25. The average molecular weight is 471 g/mol. The molecule has 0 bridgehead atoms. The van der Waals surface area contributed by atoms with Gasteiger partial charge in [-0.05, 0) is 34.9 Å². The molecule has 0 aromatic heterocycles. The SMILES string of the molecule is CCCCCC(CC(=O)Nc1cc(CN)ccc1C(C)(C)C)c1c(OC)cc(OC)cc1OC. The monoisotopic (exact) mass is 470 g/mol. The molecule has 0 spiro atoms. The van der Waals surface area contributed by atoms with Gasteiger partial charge in [-0.3, -0.25) is 4.79 Å². The van der Waals surface area contributed by atoms with Crippen molar-refractivity contribution >= 4 is 11.6 Å². The van der Waals surface area contributed by atoms with Crippen molar-refractivity contribution in [2.45, 2.75) is 77.7 Å². The third-order valence-corrected chi connectivity index (χ3v) is 6.15. The predicted molar refractivity (Wildman–Crippen MR) is 139 cm³/mol. The van der Waals surface area contributed by atoms with Gasteiger partial charge in [0.25, 0.3) is 0 Å². The number of unbranched alkanes of at least 4 members (excludes halogenated alkanes) is 2. The molecule has 2 rings (SSSR count). The molecule has 6 heteroatoms. The van der Waals surface area contributed by atoms with E-state index in [9.17, 15) is 4.79 Å². The second kappa shape index (κ2) is 12.7. The summed E-state index contributed by atoms with van der Waals surface area (Å²) in [6, 6.07) is 9.78. The van der Waals surface area contributed by atoms with Crippen molar-refractivity contribution < 1.29 is 19.0 Å². The lowest BCUT2D eigenvalue weighted by atomic mass is 9.84. The zero-order valence-corrected chi connectivity index (χ0v) is 21.9. The third-order valence-electron chi connectivity index (χ3n) is 6.15. The van der Waals surface area contributed by atoms with Gasteiger partial charge >= 0.3 is 0 Å². The zero-order valence-electron chi connectivity index (χ0n) is 21.9. The van der Waals surface area contributed by atoms with Gasteiger partial charge in [0.1, 0.15) is 17.2 Å². The first kappa shape index (κ1) is 27.5. The number of methoxy groups -OCH3 is 3. The molecule has 34 heavy (non-hydrogen) atoms. The van der Waals surface area contributed by atoms with Gasteiger partial charge in [0, 0.05) is 36.3 Å². The second-order valence-corrected chi connectivity index (χ2v) is 9.72. The summed E-state index contributed by atoms with van der Waals surface area (Å²) in [5, 5.41) is 3.18. The molecule has 188 valence electrons. The lowest BCUT2D eigenvalue weighted by Crippen LogP contribution is -2.21. The van der Waals surface area contributed by atoms with Crippen molar-refractivity contribution in [1.82, 2.24) is 0 Å². The Bertz CT molecular complexity index is 925. The minimum Gasteiger partial charge on any atom is -0.496 e. The van der Waals surface area contributed by atoms with Crippen LogP contribution in [0.3, 0.4) is 0 Å². The summed E-state index contributed by atoms with van der Waals surface area (Å²) >= 11 is 0. The van der Waals surface area contributed by atoms with E-state index >= 15 is 0 Å². The molecule has 0 heterocycles. The van der Waals surface area contributed by atoms with Crippen LogP contribution < -0.4 is 25.3 Å². The first-order chi connectivity index (χ1) is 16.2. The number of nitrogens with two attached hydrogens (primary N) is 1. The number of ether oxygens (including phenoxy) is 3. The standard InChI is InChI=1S/C28H42N2O4/c1-8-9-10-11-20(27-24(33-6)16-21(32-5)17-25(27)34-7)15-26(31)30-23-14-19(18-29)12-13-22(23)28(2,3)4/h12-14,16-17,20H,8-11,15,18,29H2,1-7H3,(H,30,31). The van der Waals surface area contributed by atoms with E-state index in [0.717, 1.165) is 48.1 Å². The summed E-state index contributed by atoms with van der Waals surface area (Å²) in [7, 11) is 4.88. The molecule has 1 amide bonds.